The van der Waals surface area contributed by atoms with Gasteiger partial charge < -0.3 is 15.0 Å². The second-order valence-corrected chi connectivity index (χ2v) is 10.7. The van der Waals surface area contributed by atoms with Gasteiger partial charge in [-0.05, 0) is 53.1 Å². The molecule has 0 aromatic heterocycles. The van der Waals surface area contributed by atoms with Crippen LogP contribution in [0.4, 0.5) is 11.4 Å². The van der Waals surface area contributed by atoms with E-state index in [-0.39, 0.29) is 18.2 Å². The van der Waals surface area contributed by atoms with Gasteiger partial charge in [0.1, 0.15) is 6.29 Å². The molecule has 5 heteroatoms. The average molecular weight is 490 g/mol. The van der Waals surface area contributed by atoms with Gasteiger partial charge in [-0.3, -0.25) is 4.79 Å². The molecule has 1 saturated carbocycles. The highest BCUT2D eigenvalue weighted by molar-refractivity contribution is 5.95. The number of nitrogens with one attached hydrogen (secondary N) is 1. The maximum Gasteiger partial charge on any atom is 0.228 e. The van der Waals surface area contributed by atoms with Crippen LogP contribution in [0.3, 0.4) is 0 Å². The maximum absolute atomic E-state index is 12.9. The Morgan fingerprint density at radius 3 is 2.03 bits per heavy atom. The molecule has 1 N–H and O–H groups in total. The average Bonchev–Trinajstić information content (AvgIpc) is 2.77. The second-order valence-electron chi connectivity index (χ2n) is 10.7. The summed E-state index contributed by atoms with van der Waals surface area (Å²) in [6.07, 6.45) is 7.61. The van der Waals surface area contributed by atoms with E-state index in [2.05, 4.69) is 56.1 Å². The predicted octanol–water partition coefficient (Wildman–Crippen LogP) is 7.11. The van der Waals surface area contributed by atoms with Crippen molar-refractivity contribution in [3.05, 3.63) is 59.2 Å². The molecule has 0 heterocycles. The smallest absolute Gasteiger partial charge is 0.228 e. The standard InChI is InChI=1S/C27H35N3O2.C4H8/c1-19(2)17-30(18-20(3)4)26-11-10-24(21(5)12-13-31)15-25(26)29-27(32)14-22-6-8-23(16-28)9-7-22;1-2-4-3-1/h6-11,13,15,19-21H,12,14,17-18H2,1-5H3,(H,29,32);1-4H2/t21-;/m1./s1. The Bertz CT molecular complexity index is 987. The van der Waals surface area contributed by atoms with E-state index in [1.807, 2.05) is 25.1 Å². The number of nitriles is 1. The maximum atomic E-state index is 12.9. The van der Waals surface area contributed by atoms with E-state index in [0.29, 0.717) is 23.8 Å². The van der Waals surface area contributed by atoms with Gasteiger partial charge in [-0.15, -0.1) is 0 Å². The molecule has 36 heavy (non-hydrogen) atoms. The minimum absolute atomic E-state index is 0.0828. The zero-order valence-electron chi connectivity index (χ0n) is 22.7. The van der Waals surface area contributed by atoms with Crippen molar-refractivity contribution in [1.29, 1.82) is 5.26 Å². The number of hydrogen-bond acceptors (Lipinski definition) is 4. The number of hydrogen-bond donors (Lipinski definition) is 1. The van der Waals surface area contributed by atoms with Crippen molar-refractivity contribution in [2.75, 3.05) is 23.3 Å². The van der Waals surface area contributed by atoms with Crippen LogP contribution in [0.5, 0.6) is 0 Å². The third kappa shape index (κ3) is 9.85. The molecule has 1 atom stereocenters. The Hall–Kier alpha value is -3.13. The van der Waals surface area contributed by atoms with E-state index < -0.39 is 0 Å². The summed E-state index contributed by atoms with van der Waals surface area (Å²) in [6, 6.07) is 15.3. The molecule has 3 rings (SSSR count). The summed E-state index contributed by atoms with van der Waals surface area (Å²) < 4.78 is 0. The fraction of sp³-hybridized carbons (Fsp3) is 0.516. The van der Waals surface area contributed by atoms with Crippen molar-refractivity contribution in [3.8, 4) is 6.07 Å². The lowest BCUT2D eigenvalue weighted by molar-refractivity contribution is -0.115. The lowest BCUT2D eigenvalue weighted by atomic mass is 9.96. The van der Waals surface area contributed by atoms with Crippen LogP contribution in [0, 0.1) is 23.2 Å². The Morgan fingerprint density at radius 2 is 1.56 bits per heavy atom. The molecule has 0 radical (unpaired) electrons. The number of carbonyl (C=O) groups excluding carboxylic acids is 2. The van der Waals surface area contributed by atoms with Gasteiger partial charge in [0.05, 0.1) is 29.4 Å². The molecule has 0 saturated heterocycles. The van der Waals surface area contributed by atoms with Gasteiger partial charge in [0, 0.05) is 19.5 Å². The minimum Gasteiger partial charge on any atom is -0.369 e. The van der Waals surface area contributed by atoms with E-state index >= 15 is 0 Å². The Morgan fingerprint density at radius 1 is 0.972 bits per heavy atom. The van der Waals surface area contributed by atoms with Crippen molar-refractivity contribution >= 4 is 23.6 Å². The molecule has 1 aliphatic carbocycles. The number of aldehydes is 1. The summed E-state index contributed by atoms with van der Waals surface area (Å²) in [6.45, 7) is 12.6. The number of anilines is 2. The first kappa shape index (κ1) is 29.1. The highest BCUT2D eigenvalue weighted by Crippen LogP contribution is 2.32. The summed E-state index contributed by atoms with van der Waals surface area (Å²) in [7, 11) is 0. The van der Waals surface area contributed by atoms with Gasteiger partial charge in [0.15, 0.2) is 0 Å². The highest BCUT2D eigenvalue weighted by Gasteiger charge is 2.18. The Labute approximate surface area is 217 Å². The lowest BCUT2D eigenvalue weighted by Crippen LogP contribution is -2.32. The van der Waals surface area contributed by atoms with Crippen molar-refractivity contribution in [3.63, 3.8) is 0 Å². The molecule has 1 aliphatic rings. The van der Waals surface area contributed by atoms with Gasteiger partial charge >= 0.3 is 0 Å². The van der Waals surface area contributed by atoms with Crippen LogP contribution in [-0.4, -0.2) is 25.3 Å². The molecule has 2 aromatic carbocycles. The van der Waals surface area contributed by atoms with Crippen molar-refractivity contribution in [2.45, 2.75) is 79.1 Å². The van der Waals surface area contributed by atoms with Crippen LogP contribution >= 0.6 is 0 Å². The third-order valence-corrected chi connectivity index (χ3v) is 6.27. The van der Waals surface area contributed by atoms with Crippen LogP contribution in [-0.2, 0) is 16.0 Å². The van der Waals surface area contributed by atoms with Crippen molar-refractivity contribution < 1.29 is 9.59 Å². The molecular formula is C31H43N3O2. The molecule has 5 nitrogen and oxygen atoms in total. The first-order valence-corrected chi connectivity index (χ1v) is 13.3. The molecule has 2 aromatic rings. The van der Waals surface area contributed by atoms with E-state index in [4.69, 9.17) is 5.26 Å². The van der Waals surface area contributed by atoms with E-state index in [1.54, 1.807) is 12.1 Å². The minimum atomic E-state index is -0.106. The fourth-order valence-corrected chi connectivity index (χ4v) is 4.00. The predicted molar refractivity (Wildman–Crippen MR) is 149 cm³/mol. The second kappa shape index (κ2) is 15.1. The topological polar surface area (TPSA) is 73.2 Å². The molecule has 194 valence electrons. The molecule has 0 aliphatic heterocycles. The summed E-state index contributed by atoms with van der Waals surface area (Å²) >= 11 is 0. The summed E-state index contributed by atoms with van der Waals surface area (Å²) in [5.41, 5.74) is 4.24. The summed E-state index contributed by atoms with van der Waals surface area (Å²) in [5.74, 6) is 0.929. The quantitative estimate of drug-likeness (QED) is 0.341. The molecule has 0 spiro atoms. The summed E-state index contributed by atoms with van der Waals surface area (Å²) in [4.78, 5) is 26.3. The highest BCUT2D eigenvalue weighted by atomic mass is 16.1. The first-order valence-electron chi connectivity index (χ1n) is 13.3. The van der Waals surface area contributed by atoms with E-state index in [0.717, 1.165) is 41.9 Å². The molecule has 1 amide bonds. The van der Waals surface area contributed by atoms with Crippen LogP contribution in [0.2, 0.25) is 0 Å². The van der Waals surface area contributed by atoms with E-state index in [1.165, 1.54) is 25.7 Å². The number of amides is 1. The number of benzene rings is 2. The van der Waals surface area contributed by atoms with Crippen molar-refractivity contribution in [1.82, 2.24) is 0 Å². The van der Waals surface area contributed by atoms with E-state index in [9.17, 15) is 9.59 Å². The summed E-state index contributed by atoms with van der Waals surface area (Å²) in [5, 5.41) is 12.1. The van der Waals surface area contributed by atoms with Gasteiger partial charge in [-0.25, -0.2) is 0 Å². The Balaban J connectivity index is 0.00000103. The van der Waals surface area contributed by atoms with Gasteiger partial charge in [0.2, 0.25) is 5.91 Å². The first-order chi connectivity index (χ1) is 17.2. The number of carbonyl (C=O) groups is 2. The molecular weight excluding hydrogens is 446 g/mol. The Kier molecular flexibility index (Phi) is 12.2. The molecule has 0 unspecified atom stereocenters. The van der Waals surface area contributed by atoms with Crippen LogP contribution in [0.15, 0.2) is 42.5 Å². The molecule has 0 bridgehead atoms. The molecule has 1 fully saturated rings. The van der Waals surface area contributed by atoms with Crippen LogP contribution in [0.25, 0.3) is 0 Å². The third-order valence-electron chi connectivity index (χ3n) is 6.27. The largest absolute Gasteiger partial charge is 0.369 e. The fourth-order valence-electron chi connectivity index (χ4n) is 4.00. The van der Waals surface area contributed by atoms with Crippen LogP contribution < -0.4 is 10.2 Å². The normalized spacial score (nSPS) is 13.2. The van der Waals surface area contributed by atoms with Gasteiger partial charge in [-0.2, -0.15) is 5.26 Å². The SMILES string of the molecule is C1CCC1.CC(C)CN(CC(C)C)c1ccc([C@H](C)CC=O)cc1NC(=O)Cc1ccc(C#N)cc1. The number of rotatable bonds is 11. The van der Waals surface area contributed by atoms with Gasteiger partial charge in [-0.1, -0.05) is 78.5 Å². The zero-order valence-corrected chi connectivity index (χ0v) is 22.7. The lowest BCUT2D eigenvalue weighted by Gasteiger charge is -2.31. The van der Waals surface area contributed by atoms with Gasteiger partial charge in [0.25, 0.3) is 0 Å². The number of nitrogens with zero attached hydrogens (tertiary/aromatic N) is 2. The zero-order chi connectivity index (χ0) is 26.5. The van der Waals surface area contributed by atoms with Crippen LogP contribution in [0.1, 0.15) is 89.3 Å². The van der Waals surface area contributed by atoms with Crippen molar-refractivity contribution in [2.24, 2.45) is 11.8 Å². The monoisotopic (exact) mass is 489 g/mol.